The van der Waals surface area contributed by atoms with E-state index >= 15 is 0 Å². The molecule has 6 nitrogen and oxygen atoms in total. The van der Waals surface area contributed by atoms with Crippen molar-refractivity contribution in [3.8, 4) is 0 Å². The maximum absolute atomic E-state index is 11.8. The molecule has 134 valence electrons. The fourth-order valence-electron chi connectivity index (χ4n) is 3.32. The first kappa shape index (κ1) is 20.2. The van der Waals surface area contributed by atoms with Crippen LogP contribution in [0.15, 0.2) is 0 Å². The third kappa shape index (κ3) is 7.06. The average Bonchev–Trinajstić information content (AvgIpc) is 2.96. The number of ether oxygens (including phenoxy) is 1. The minimum atomic E-state index is -0.828. The van der Waals surface area contributed by atoms with Crippen LogP contribution in [0, 0.1) is 0 Å². The van der Waals surface area contributed by atoms with Crippen LogP contribution in [0.25, 0.3) is 0 Å². The second-order valence-corrected chi connectivity index (χ2v) is 6.30. The van der Waals surface area contributed by atoms with Gasteiger partial charge in [-0.05, 0) is 38.6 Å². The van der Waals surface area contributed by atoms with Gasteiger partial charge in [-0.3, -0.25) is 14.5 Å². The van der Waals surface area contributed by atoms with Gasteiger partial charge in [0.1, 0.15) is 6.04 Å². The van der Waals surface area contributed by atoms with Crippen LogP contribution >= 0.6 is 12.4 Å². The molecule has 1 aliphatic carbocycles. The zero-order valence-corrected chi connectivity index (χ0v) is 14.5. The van der Waals surface area contributed by atoms with Gasteiger partial charge in [-0.25, -0.2) is 0 Å². The van der Waals surface area contributed by atoms with Crippen molar-refractivity contribution < 1.29 is 19.4 Å². The number of likely N-dealkylation sites (tertiary alicyclic amines) is 1. The molecule has 23 heavy (non-hydrogen) atoms. The van der Waals surface area contributed by atoms with Crippen LogP contribution in [-0.2, 0) is 14.3 Å². The van der Waals surface area contributed by atoms with Crippen molar-refractivity contribution in [2.45, 2.75) is 63.5 Å². The fraction of sp³-hybridized carbons (Fsp3) is 0.875. The largest absolute Gasteiger partial charge is 0.480 e. The van der Waals surface area contributed by atoms with Crippen LogP contribution in [-0.4, -0.2) is 60.3 Å². The number of carboxylic acids is 1. The molecule has 2 N–H and O–H groups in total. The number of hydrogen-bond donors (Lipinski definition) is 2. The monoisotopic (exact) mass is 348 g/mol. The van der Waals surface area contributed by atoms with Gasteiger partial charge in [0.05, 0.1) is 12.6 Å². The summed E-state index contributed by atoms with van der Waals surface area (Å²) in [6, 6.07) is -0.500. The topological polar surface area (TPSA) is 78.9 Å². The molecule has 0 aromatic carbocycles. The van der Waals surface area contributed by atoms with Crippen molar-refractivity contribution in [2.75, 3.05) is 26.2 Å². The number of carboxylic acid groups (broad SMARTS) is 1. The standard InChI is InChI=1S/C16H28N2O4.ClH/c19-15(12-18-10-4-8-14(18)16(20)21)17-9-5-11-22-13-6-2-1-3-7-13;/h13-14H,1-12H2,(H,17,19)(H,20,21);1H. The Morgan fingerprint density at radius 1 is 1.13 bits per heavy atom. The van der Waals surface area contributed by atoms with Crippen LogP contribution in [0.5, 0.6) is 0 Å². The van der Waals surface area contributed by atoms with Crippen LogP contribution in [0.2, 0.25) is 0 Å². The molecular formula is C16H29ClN2O4. The van der Waals surface area contributed by atoms with Crippen LogP contribution in [0.4, 0.5) is 0 Å². The molecule has 0 radical (unpaired) electrons. The Morgan fingerprint density at radius 2 is 1.87 bits per heavy atom. The first-order chi connectivity index (χ1) is 10.7. The van der Waals surface area contributed by atoms with Crippen LogP contribution in [0.1, 0.15) is 51.4 Å². The van der Waals surface area contributed by atoms with E-state index in [2.05, 4.69) is 5.32 Å². The maximum atomic E-state index is 11.8. The van der Waals surface area contributed by atoms with Crippen LogP contribution < -0.4 is 5.32 Å². The summed E-state index contributed by atoms with van der Waals surface area (Å²) in [4.78, 5) is 24.6. The lowest BCUT2D eigenvalue weighted by Gasteiger charge is -2.22. The number of carbonyl (C=O) groups excluding carboxylic acids is 1. The molecule has 1 unspecified atom stereocenters. The quantitative estimate of drug-likeness (QED) is 0.654. The molecule has 2 rings (SSSR count). The summed E-state index contributed by atoms with van der Waals surface area (Å²) in [5.41, 5.74) is 0. The number of hydrogen-bond acceptors (Lipinski definition) is 4. The second-order valence-electron chi connectivity index (χ2n) is 6.30. The number of carbonyl (C=O) groups is 2. The first-order valence-electron chi connectivity index (χ1n) is 8.52. The molecule has 1 saturated carbocycles. The Kier molecular flexibility index (Phi) is 9.52. The van der Waals surface area contributed by atoms with Crippen molar-refractivity contribution in [1.82, 2.24) is 10.2 Å². The molecular weight excluding hydrogens is 320 g/mol. The highest BCUT2D eigenvalue weighted by atomic mass is 35.5. The van der Waals surface area contributed by atoms with Gasteiger partial charge in [0, 0.05) is 13.2 Å². The van der Waals surface area contributed by atoms with Crippen molar-refractivity contribution in [2.24, 2.45) is 0 Å². The molecule has 2 aliphatic rings. The molecule has 1 saturated heterocycles. The van der Waals surface area contributed by atoms with Crippen molar-refractivity contribution in [3.63, 3.8) is 0 Å². The number of aliphatic carboxylic acids is 1. The summed E-state index contributed by atoms with van der Waals surface area (Å²) < 4.78 is 5.81. The SMILES string of the molecule is Cl.O=C(CN1CCCC1C(=O)O)NCCCOC1CCCCC1. The van der Waals surface area contributed by atoms with Gasteiger partial charge >= 0.3 is 5.97 Å². The molecule has 0 aromatic rings. The Bertz CT molecular complexity index is 375. The van der Waals surface area contributed by atoms with E-state index in [-0.39, 0.29) is 24.9 Å². The first-order valence-corrected chi connectivity index (χ1v) is 8.52. The van der Waals surface area contributed by atoms with Gasteiger partial charge < -0.3 is 15.2 Å². The van der Waals surface area contributed by atoms with E-state index in [1.807, 2.05) is 0 Å². The number of rotatable bonds is 8. The third-order valence-corrected chi connectivity index (χ3v) is 4.54. The summed E-state index contributed by atoms with van der Waals surface area (Å²) in [5.74, 6) is -0.919. The lowest BCUT2D eigenvalue weighted by Crippen LogP contribution is -2.43. The molecule has 1 amide bonds. The molecule has 0 aromatic heterocycles. The summed E-state index contributed by atoms with van der Waals surface area (Å²) >= 11 is 0. The molecule has 0 bridgehead atoms. The minimum absolute atomic E-state index is 0. The molecule has 2 fully saturated rings. The zero-order chi connectivity index (χ0) is 15.8. The van der Waals surface area contributed by atoms with Crippen molar-refractivity contribution in [1.29, 1.82) is 0 Å². The van der Waals surface area contributed by atoms with E-state index in [0.29, 0.717) is 32.2 Å². The van der Waals surface area contributed by atoms with Crippen molar-refractivity contribution >= 4 is 24.3 Å². The van der Waals surface area contributed by atoms with E-state index in [9.17, 15) is 9.59 Å². The molecule has 7 heteroatoms. The van der Waals surface area contributed by atoms with Gasteiger partial charge in [-0.15, -0.1) is 12.4 Å². The van der Waals surface area contributed by atoms with E-state index in [1.54, 1.807) is 4.90 Å². The Morgan fingerprint density at radius 3 is 2.57 bits per heavy atom. The number of halogens is 1. The molecule has 1 heterocycles. The summed E-state index contributed by atoms with van der Waals surface area (Å²) in [7, 11) is 0. The maximum Gasteiger partial charge on any atom is 0.320 e. The van der Waals surface area contributed by atoms with Gasteiger partial charge in [-0.2, -0.15) is 0 Å². The lowest BCUT2D eigenvalue weighted by atomic mass is 9.98. The van der Waals surface area contributed by atoms with E-state index < -0.39 is 12.0 Å². The number of nitrogens with one attached hydrogen (secondary N) is 1. The fourth-order valence-corrected chi connectivity index (χ4v) is 3.32. The number of amides is 1. The molecule has 1 atom stereocenters. The van der Waals surface area contributed by atoms with E-state index in [1.165, 1.54) is 19.3 Å². The normalized spacial score (nSPS) is 22.5. The second kappa shape index (κ2) is 10.8. The molecule has 0 spiro atoms. The average molecular weight is 349 g/mol. The number of nitrogens with zero attached hydrogens (tertiary/aromatic N) is 1. The highest BCUT2D eigenvalue weighted by molar-refractivity contribution is 5.85. The minimum Gasteiger partial charge on any atom is -0.480 e. The van der Waals surface area contributed by atoms with Gasteiger partial charge in [0.25, 0.3) is 0 Å². The van der Waals surface area contributed by atoms with E-state index in [4.69, 9.17) is 9.84 Å². The van der Waals surface area contributed by atoms with Gasteiger partial charge in [0.15, 0.2) is 0 Å². The highest BCUT2D eigenvalue weighted by Crippen LogP contribution is 2.20. The molecule has 1 aliphatic heterocycles. The van der Waals surface area contributed by atoms with Gasteiger partial charge in [0.2, 0.25) is 5.91 Å². The predicted octanol–water partition coefficient (Wildman–Crippen LogP) is 1.81. The third-order valence-electron chi connectivity index (χ3n) is 4.54. The summed E-state index contributed by atoms with van der Waals surface area (Å²) in [5, 5.41) is 11.9. The van der Waals surface area contributed by atoms with Crippen LogP contribution in [0.3, 0.4) is 0 Å². The summed E-state index contributed by atoms with van der Waals surface area (Å²) in [6.07, 6.45) is 8.89. The smallest absolute Gasteiger partial charge is 0.320 e. The van der Waals surface area contributed by atoms with Crippen molar-refractivity contribution in [3.05, 3.63) is 0 Å². The van der Waals surface area contributed by atoms with E-state index in [0.717, 1.165) is 25.7 Å². The van der Waals surface area contributed by atoms with Gasteiger partial charge in [-0.1, -0.05) is 19.3 Å². The predicted molar refractivity (Wildman–Crippen MR) is 89.9 cm³/mol. The zero-order valence-electron chi connectivity index (χ0n) is 13.7. The summed E-state index contributed by atoms with van der Waals surface area (Å²) in [6.45, 7) is 2.15. The lowest BCUT2D eigenvalue weighted by molar-refractivity contribution is -0.142. The Hall–Kier alpha value is -0.850. The Balaban J connectivity index is 0.00000264. The Labute approximate surface area is 144 Å². The highest BCUT2D eigenvalue weighted by Gasteiger charge is 2.31.